The van der Waals surface area contributed by atoms with E-state index in [1.54, 1.807) is 25.2 Å². The molecule has 14 nitrogen and oxygen atoms in total. The molecule has 244 valence electrons. The van der Waals surface area contributed by atoms with E-state index in [0.717, 1.165) is 0 Å². The van der Waals surface area contributed by atoms with Gasteiger partial charge < -0.3 is 34.3 Å². The fourth-order valence-corrected chi connectivity index (χ4v) is 4.24. The fraction of sp³-hybridized carbons (Fsp3) is 0.607. The summed E-state index contributed by atoms with van der Waals surface area (Å²) in [7, 11) is 0. The van der Waals surface area contributed by atoms with Crippen molar-refractivity contribution in [2.45, 2.75) is 45.8 Å². The molecule has 0 spiro atoms. The minimum Gasteiger partial charge on any atom is -0.444 e. The van der Waals surface area contributed by atoms with Crippen LogP contribution in [0.25, 0.3) is 16.7 Å². The van der Waals surface area contributed by atoms with Crippen molar-refractivity contribution in [3.05, 3.63) is 39.1 Å². The van der Waals surface area contributed by atoms with E-state index in [0.29, 0.717) is 81.8 Å². The highest BCUT2D eigenvalue weighted by molar-refractivity contribution is 7.71. The van der Waals surface area contributed by atoms with E-state index in [4.69, 9.17) is 35.9 Å². The summed E-state index contributed by atoms with van der Waals surface area (Å²) in [4.78, 5) is 36.6. The maximum atomic E-state index is 13.8. The van der Waals surface area contributed by atoms with E-state index in [9.17, 15) is 18.8 Å². The van der Waals surface area contributed by atoms with Crippen molar-refractivity contribution in [2.75, 3.05) is 65.9 Å². The number of amides is 2. The van der Waals surface area contributed by atoms with Crippen LogP contribution in [0.5, 0.6) is 0 Å². The van der Waals surface area contributed by atoms with Crippen LogP contribution in [0.4, 0.5) is 9.18 Å². The Balaban J connectivity index is 1.17. The zero-order valence-electron chi connectivity index (χ0n) is 25.3. The summed E-state index contributed by atoms with van der Waals surface area (Å²) in [6.45, 7) is 9.25. The molecule has 0 aliphatic rings. The van der Waals surface area contributed by atoms with Gasteiger partial charge in [-0.3, -0.25) is 18.6 Å². The summed E-state index contributed by atoms with van der Waals surface area (Å²) in [5.41, 5.74) is -0.448. The van der Waals surface area contributed by atoms with Crippen molar-refractivity contribution in [2.24, 2.45) is 0 Å². The van der Waals surface area contributed by atoms with Gasteiger partial charge in [0.05, 0.1) is 63.8 Å². The number of nitrogens with zero attached hydrogens (tertiary/aromatic N) is 3. The summed E-state index contributed by atoms with van der Waals surface area (Å²) < 4.78 is 43.9. The predicted octanol–water partition coefficient (Wildman–Crippen LogP) is 2.33. The molecule has 0 saturated carbocycles. The van der Waals surface area contributed by atoms with Crippen LogP contribution in [-0.2, 0) is 35.0 Å². The molecule has 3 rings (SSSR count). The number of hydrogen-bond donors (Lipinski definition) is 3. The Morgan fingerprint density at radius 1 is 0.955 bits per heavy atom. The lowest BCUT2D eigenvalue weighted by Crippen LogP contribution is -2.34. The Hall–Kier alpha value is -3.44. The summed E-state index contributed by atoms with van der Waals surface area (Å²) in [5.74, 6) is -0.377. The molecule has 0 aliphatic carbocycles. The molecule has 0 saturated heterocycles. The molecule has 0 bridgehead atoms. The van der Waals surface area contributed by atoms with Crippen LogP contribution in [-0.4, -0.2) is 103 Å². The Bertz CT molecular complexity index is 1490. The van der Waals surface area contributed by atoms with Gasteiger partial charge in [0.1, 0.15) is 11.4 Å². The molecule has 0 radical (unpaired) electrons. The molecular formula is C28H41FN6O8S. The third-order valence-electron chi connectivity index (χ3n) is 5.96. The van der Waals surface area contributed by atoms with Gasteiger partial charge in [-0.05, 0) is 57.6 Å². The van der Waals surface area contributed by atoms with Gasteiger partial charge in [0.2, 0.25) is 16.5 Å². The lowest BCUT2D eigenvalue weighted by molar-refractivity contribution is -0.122. The van der Waals surface area contributed by atoms with Crippen molar-refractivity contribution in [3.8, 4) is 0 Å². The van der Waals surface area contributed by atoms with E-state index in [1.165, 1.54) is 22.8 Å². The zero-order chi connectivity index (χ0) is 32.0. The van der Waals surface area contributed by atoms with E-state index in [-0.39, 0.29) is 36.4 Å². The first-order chi connectivity index (χ1) is 21.1. The average Bonchev–Trinajstić information content (AvgIpc) is 3.34. The van der Waals surface area contributed by atoms with Crippen molar-refractivity contribution >= 4 is 40.9 Å². The Labute approximate surface area is 259 Å². The second-order valence-electron chi connectivity index (χ2n) is 10.6. The Morgan fingerprint density at radius 3 is 2.25 bits per heavy atom. The number of fused-ring (bicyclic) bond motifs is 3. The SMILES string of the molecule is CC(C)(C)OC(=O)NCCOCCOCCOCCOCCC(=O)NCCCn1c(=O)c2cc(F)ccc2n2c(=S)[nH]nc12. The standard InChI is InChI=1S/C28H41FN6O8S/c1-28(2,3)43-27(38)31-9-12-40-14-16-42-18-17-41-15-13-39-11-7-23(36)30-8-4-10-34-24(37)21-19-20(29)5-6-22(21)35-25(34)32-33-26(35)44/h5-6,19H,4,7-18H2,1-3H3,(H,30,36)(H,31,38)(H,33,44). The number of halogens is 1. The molecule has 1 aromatic carbocycles. The van der Waals surface area contributed by atoms with E-state index >= 15 is 0 Å². The quantitative estimate of drug-likeness (QED) is 0.131. The molecule has 3 aromatic rings. The summed E-state index contributed by atoms with van der Waals surface area (Å²) >= 11 is 5.28. The number of rotatable bonds is 19. The number of alkyl carbamates (subject to hydrolysis) is 1. The predicted molar refractivity (Wildman–Crippen MR) is 162 cm³/mol. The highest BCUT2D eigenvalue weighted by atomic mass is 32.1. The zero-order valence-corrected chi connectivity index (χ0v) is 26.1. The summed E-state index contributed by atoms with van der Waals surface area (Å²) in [6, 6.07) is 3.94. The maximum Gasteiger partial charge on any atom is 0.407 e. The van der Waals surface area contributed by atoms with Gasteiger partial charge in [0.25, 0.3) is 5.56 Å². The first-order valence-electron chi connectivity index (χ1n) is 14.4. The van der Waals surface area contributed by atoms with Crippen LogP contribution in [0.3, 0.4) is 0 Å². The number of ether oxygens (including phenoxy) is 5. The third kappa shape index (κ3) is 11.6. The van der Waals surface area contributed by atoms with Crippen molar-refractivity contribution in [1.82, 2.24) is 29.8 Å². The summed E-state index contributed by atoms with van der Waals surface area (Å²) in [5, 5.41) is 12.4. The molecule has 0 unspecified atom stereocenters. The molecule has 2 amide bonds. The van der Waals surface area contributed by atoms with E-state index in [2.05, 4.69) is 20.8 Å². The molecule has 0 aliphatic heterocycles. The first kappa shape index (κ1) is 35.0. The number of H-pyrrole nitrogens is 1. The number of aryl methyl sites for hydroxylation is 1. The monoisotopic (exact) mass is 640 g/mol. The van der Waals surface area contributed by atoms with Crippen LogP contribution in [0.2, 0.25) is 0 Å². The van der Waals surface area contributed by atoms with Gasteiger partial charge in [-0.25, -0.2) is 14.3 Å². The van der Waals surface area contributed by atoms with Gasteiger partial charge in [-0.2, -0.15) is 0 Å². The Morgan fingerprint density at radius 2 is 1.59 bits per heavy atom. The number of carbonyl (C=O) groups excluding carboxylic acids is 2. The van der Waals surface area contributed by atoms with Crippen LogP contribution >= 0.6 is 12.2 Å². The van der Waals surface area contributed by atoms with Crippen molar-refractivity contribution in [1.29, 1.82) is 0 Å². The maximum absolute atomic E-state index is 13.8. The van der Waals surface area contributed by atoms with Gasteiger partial charge >= 0.3 is 6.09 Å². The number of carbonyl (C=O) groups is 2. The van der Waals surface area contributed by atoms with E-state index in [1.807, 2.05) is 0 Å². The molecule has 44 heavy (non-hydrogen) atoms. The Kier molecular flexibility index (Phi) is 14.1. The third-order valence-corrected chi connectivity index (χ3v) is 6.23. The number of aromatic amines is 1. The summed E-state index contributed by atoms with van der Waals surface area (Å²) in [6.07, 6.45) is 0.162. The lowest BCUT2D eigenvalue weighted by Gasteiger charge is -2.19. The van der Waals surface area contributed by atoms with Crippen LogP contribution in [0.1, 0.15) is 33.6 Å². The second kappa shape index (κ2) is 17.8. The average molecular weight is 641 g/mol. The topological polar surface area (TPSA) is 159 Å². The van der Waals surface area contributed by atoms with Gasteiger partial charge in [-0.15, -0.1) is 5.10 Å². The first-order valence-corrected chi connectivity index (χ1v) is 14.8. The van der Waals surface area contributed by atoms with Gasteiger partial charge in [0, 0.05) is 26.1 Å². The highest BCUT2D eigenvalue weighted by Gasteiger charge is 2.16. The number of hydrogen-bond acceptors (Lipinski definition) is 10. The van der Waals surface area contributed by atoms with Crippen molar-refractivity contribution < 1.29 is 37.7 Å². The lowest BCUT2D eigenvalue weighted by atomic mass is 10.2. The molecular weight excluding hydrogens is 599 g/mol. The van der Waals surface area contributed by atoms with Gasteiger partial charge in [0.15, 0.2) is 0 Å². The fourth-order valence-electron chi connectivity index (χ4n) is 4.02. The largest absolute Gasteiger partial charge is 0.444 e. The smallest absolute Gasteiger partial charge is 0.407 e. The number of benzene rings is 1. The van der Waals surface area contributed by atoms with Crippen LogP contribution in [0, 0.1) is 10.6 Å². The molecule has 0 fully saturated rings. The minimum absolute atomic E-state index is 0.178. The van der Waals surface area contributed by atoms with Crippen molar-refractivity contribution in [3.63, 3.8) is 0 Å². The molecule has 3 N–H and O–H groups in total. The number of nitrogens with one attached hydrogen (secondary N) is 3. The molecule has 2 aromatic heterocycles. The molecule has 16 heteroatoms. The van der Waals surface area contributed by atoms with Crippen LogP contribution < -0.4 is 16.2 Å². The second-order valence-corrected chi connectivity index (χ2v) is 11.0. The normalized spacial score (nSPS) is 11.7. The number of aromatic nitrogens is 4. The molecule has 0 atom stereocenters. The van der Waals surface area contributed by atoms with E-state index < -0.39 is 17.5 Å². The van der Waals surface area contributed by atoms with Gasteiger partial charge in [-0.1, -0.05) is 0 Å². The minimum atomic E-state index is -0.534. The highest BCUT2D eigenvalue weighted by Crippen LogP contribution is 2.15. The van der Waals surface area contributed by atoms with Crippen LogP contribution in [0.15, 0.2) is 23.0 Å². The molecule has 2 heterocycles.